The fourth-order valence-corrected chi connectivity index (χ4v) is 4.83. The first kappa shape index (κ1) is 18.4. The molecule has 6 nitrogen and oxygen atoms in total. The monoisotopic (exact) mass is 365 g/mol. The van der Waals surface area contributed by atoms with Crippen LogP contribution in [-0.4, -0.2) is 72.9 Å². The third-order valence-corrected chi connectivity index (χ3v) is 7.08. The van der Waals surface area contributed by atoms with Gasteiger partial charge in [-0.2, -0.15) is 0 Å². The molecule has 2 saturated heterocycles. The lowest BCUT2D eigenvalue weighted by Crippen LogP contribution is -2.56. The number of aryl methyl sites for hydroxylation is 1. The predicted molar refractivity (Wildman–Crippen MR) is 97.6 cm³/mol. The van der Waals surface area contributed by atoms with Gasteiger partial charge in [0.25, 0.3) is 0 Å². The molecular weight excluding hydrogens is 338 g/mol. The molecule has 0 radical (unpaired) electrons. The number of amides is 1. The van der Waals surface area contributed by atoms with Crippen molar-refractivity contribution in [3.63, 3.8) is 0 Å². The Morgan fingerprint density at radius 1 is 1.12 bits per heavy atom. The van der Waals surface area contributed by atoms with Crippen LogP contribution in [0.3, 0.4) is 0 Å². The smallest absolute Gasteiger partial charge is 0.240 e. The molecule has 0 N–H and O–H groups in total. The van der Waals surface area contributed by atoms with Crippen LogP contribution >= 0.6 is 0 Å². The number of sulfonamides is 1. The molecule has 1 aromatic carbocycles. The van der Waals surface area contributed by atoms with Gasteiger partial charge < -0.3 is 4.90 Å². The Morgan fingerprint density at radius 2 is 1.88 bits per heavy atom. The summed E-state index contributed by atoms with van der Waals surface area (Å²) in [7, 11) is -3.19. The van der Waals surface area contributed by atoms with Crippen molar-refractivity contribution in [1.82, 2.24) is 14.1 Å². The molecule has 7 heteroatoms. The van der Waals surface area contributed by atoms with Crippen molar-refractivity contribution in [2.45, 2.75) is 32.9 Å². The molecule has 0 bridgehead atoms. The number of rotatable bonds is 4. The first-order valence-electron chi connectivity index (χ1n) is 8.97. The van der Waals surface area contributed by atoms with Gasteiger partial charge in [-0.3, -0.25) is 9.69 Å². The van der Waals surface area contributed by atoms with Crippen LogP contribution in [0.2, 0.25) is 0 Å². The predicted octanol–water partition coefficient (Wildman–Crippen LogP) is 1.06. The van der Waals surface area contributed by atoms with Gasteiger partial charge in [-0.1, -0.05) is 29.8 Å². The lowest BCUT2D eigenvalue weighted by atomic mass is 10.1. The van der Waals surface area contributed by atoms with Gasteiger partial charge in [-0.05, 0) is 25.8 Å². The summed E-state index contributed by atoms with van der Waals surface area (Å²) in [6.45, 7) is 7.40. The Balaban J connectivity index is 1.69. The normalized spacial score (nSPS) is 23.4. The molecular formula is C18H27N3O3S. The van der Waals surface area contributed by atoms with E-state index in [0.717, 1.165) is 12.1 Å². The average molecular weight is 365 g/mol. The van der Waals surface area contributed by atoms with Crippen molar-refractivity contribution in [2.24, 2.45) is 0 Å². The molecule has 1 unspecified atom stereocenters. The van der Waals surface area contributed by atoms with E-state index in [4.69, 9.17) is 0 Å². The number of hydrogen-bond donors (Lipinski definition) is 0. The lowest BCUT2D eigenvalue weighted by Gasteiger charge is -2.39. The van der Waals surface area contributed by atoms with Gasteiger partial charge in [-0.25, -0.2) is 12.7 Å². The SMILES string of the molecule is CCS(=O)(=O)N1CCC2C(=O)N(Cc3cccc(C)c3)CCN2CC1. The van der Waals surface area contributed by atoms with Crippen molar-refractivity contribution >= 4 is 15.9 Å². The zero-order valence-corrected chi connectivity index (χ0v) is 15.8. The van der Waals surface area contributed by atoms with Crippen LogP contribution in [-0.2, 0) is 21.4 Å². The van der Waals surface area contributed by atoms with Crippen LogP contribution in [0, 0.1) is 6.92 Å². The highest BCUT2D eigenvalue weighted by atomic mass is 32.2. The van der Waals surface area contributed by atoms with Gasteiger partial charge in [0.15, 0.2) is 0 Å². The van der Waals surface area contributed by atoms with Gasteiger partial charge in [-0.15, -0.1) is 0 Å². The summed E-state index contributed by atoms with van der Waals surface area (Å²) in [4.78, 5) is 17.0. The number of carbonyl (C=O) groups excluding carboxylic acids is 1. The highest BCUT2D eigenvalue weighted by Crippen LogP contribution is 2.21. The van der Waals surface area contributed by atoms with E-state index in [1.165, 1.54) is 5.56 Å². The fourth-order valence-electron chi connectivity index (χ4n) is 3.72. The van der Waals surface area contributed by atoms with E-state index in [0.29, 0.717) is 39.1 Å². The molecule has 138 valence electrons. The van der Waals surface area contributed by atoms with Gasteiger partial charge in [0.1, 0.15) is 0 Å². The van der Waals surface area contributed by atoms with E-state index in [1.807, 2.05) is 11.0 Å². The largest absolute Gasteiger partial charge is 0.336 e. The Bertz CT molecular complexity index is 735. The first-order chi connectivity index (χ1) is 11.9. The molecule has 0 spiro atoms. The number of benzene rings is 1. The van der Waals surface area contributed by atoms with Gasteiger partial charge in [0.2, 0.25) is 15.9 Å². The van der Waals surface area contributed by atoms with E-state index in [9.17, 15) is 13.2 Å². The molecule has 2 heterocycles. The summed E-state index contributed by atoms with van der Waals surface area (Å²) in [5.41, 5.74) is 2.34. The van der Waals surface area contributed by atoms with Crippen molar-refractivity contribution in [3.8, 4) is 0 Å². The second-order valence-electron chi connectivity index (χ2n) is 6.89. The fraction of sp³-hybridized carbons (Fsp3) is 0.611. The molecule has 1 atom stereocenters. The molecule has 0 aromatic heterocycles. The summed E-state index contributed by atoms with van der Waals surface area (Å²) < 4.78 is 25.8. The van der Waals surface area contributed by atoms with Crippen LogP contribution in [0.5, 0.6) is 0 Å². The standard InChI is InChI=1S/C18H27N3O3S/c1-3-25(23,24)21-8-7-17-18(22)20(10-9-19(17)11-12-21)14-16-6-4-5-15(2)13-16/h4-6,13,17H,3,7-12,14H2,1-2H3. The van der Waals surface area contributed by atoms with Crippen LogP contribution in [0.1, 0.15) is 24.5 Å². The third-order valence-electron chi connectivity index (χ3n) is 5.20. The molecule has 3 rings (SSSR count). The minimum Gasteiger partial charge on any atom is -0.336 e. The van der Waals surface area contributed by atoms with Crippen LogP contribution in [0.15, 0.2) is 24.3 Å². The van der Waals surface area contributed by atoms with E-state index in [2.05, 4.69) is 30.0 Å². The Labute approximate surface area is 150 Å². The second-order valence-corrected chi connectivity index (χ2v) is 9.15. The first-order valence-corrected chi connectivity index (χ1v) is 10.6. The van der Waals surface area contributed by atoms with E-state index in [1.54, 1.807) is 11.2 Å². The number of fused-ring (bicyclic) bond motifs is 1. The third kappa shape index (κ3) is 4.04. The summed E-state index contributed by atoms with van der Waals surface area (Å²) in [6.07, 6.45) is 0.572. The van der Waals surface area contributed by atoms with Crippen molar-refractivity contribution in [1.29, 1.82) is 0 Å². The zero-order chi connectivity index (χ0) is 18.0. The van der Waals surface area contributed by atoms with Crippen LogP contribution < -0.4 is 0 Å². The molecule has 2 aliphatic heterocycles. The van der Waals surface area contributed by atoms with Crippen molar-refractivity contribution in [3.05, 3.63) is 35.4 Å². The minimum atomic E-state index is -3.19. The number of piperazine rings is 1. The lowest BCUT2D eigenvalue weighted by molar-refractivity contribution is -0.142. The molecule has 1 aromatic rings. The average Bonchev–Trinajstić information content (AvgIpc) is 2.81. The van der Waals surface area contributed by atoms with Crippen molar-refractivity contribution < 1.29 is 13.2 Å². The Kier molecular flexibility index (Phi) is 5.46. The topological polar surface area (TPSA) is 60.9 Å². The number of carbonyl (C=O) groups is 1. The summed E-state index contributed by atoms with van der Waals surface area (Å²) in [6, 6.07) is 8.04. The van der Waals surface area contributed by atoms with Gasteiger partial charge in [0.05, 0.1) is 11.8 Å². The molecule has 25 heavy (non-hydrogen) atoms. The van der Waals surface area contributed by atoms with Crippen LogP contribution in [0.25, 0.3) is 0 Å². The van der Waals surface area contributed by atoms with Crippen molar-refractivity contribution in [2.75, 3.05) is 38.5 Å². The van der Waals surface area contributed by atoms with Gasteiger partial charge in [0, 0.05) is 39.3 Å². The zero-order valence-electron chi connectivity index (χ0n) is 15.0. The second kappa shape index (κ2) is 7.43. The summed E-state index contributed by atoms with van der Waals surface area (Å²) >= 11 is 0. The molecule has 0 saturated carbocycles. The quantitative estimate of drug-likeness (QED) is 0.801. The maximum Gasteiger partial charge on any atom is 0.240 e. The maximum absolute atomic E-state index is 12.9. The molecule has 2 fully saturated rings. The maximum atomic E-state index is 12.9. The summed E-state index contributed by atoms with van der Waals surface area (Å²) in [5.74, 6) is 0.244. The molecule has 1 amide bonds. The van der Waals surface area contributed by atoms with E-state index in [-0.39, 0.29) is 17.7 Å². The molecule has 2 aliphatic rings. The highest BCUT2D eigenvalue weighted by molar-refractivity contribution is 7.89. The minimum absolute atomic E-state index is 0.116. The highest BCUT2D eigenvalue weighted by Gasteiger charge is 2.38. The van der Waals surface area contributed by atoms with E-state index >= 15 is 0 Å². The van der Waals surface area contributed by atoms with Gasteiger partial charge >= 0.3 is 0 Å². The Morgan fingerprint density at radius 3 is 2.60 bits per heavy atom. The number of nitrogens with zero attached hydrogens (tertiary/aromatic N) is 3. The Hall–Kier alpha value is -1.44. The molecule has 0 aliphatic carbocycles. The number of hydrogen-bond acceptors (Lipinski definition) is 4. The summed E-state index contributed by atoms with van der Waals surface area (Å²) in [5, 5.41) is 0. The van der Waals surface area contributed by atoms with E-state index < -0.39 is 10.0 Å². The van der Waals surface area contributed by atoms with Crippen LogP contribution in [0.4, 0.5) is 0 Å².